The van der Waals surface area contributed by atoms with E-state index in [0.717, 1.165) is 0 Å². The number of hydrogen-bond donors (Lipinski definition) is 0. The van der Waals surface area contributed by atoms with Crippen molar-refractivity contribution < 1.29 is 18.4 Å². The minimum absolute atomic E-state index is 0.342. The Bertz CT molecular complexity index is 503. The van der Waals surface area contributed by atoms with E-state index < -0.39 is 18.3 Å². The normalized spacial score (nSPS) is 20.2. The molecule has 1 aromatic rings. The van der Waals surface area contributed by atoms with Crippen molar-refractivity contribution in [1.29, 1.82) is 0 Å². The van der Waals surface area contributed by atoms with Crippen molar-refractivity contribution in [2.24, 2.45) is 0 Å². The van der Waals surface area contributed by atoms with Crippen molar-refractivity contribution in [2.75, 3.05) is 6.61 Å². The monoisotopic (exact) mass is 344 g/mol. The average Bonchev–Trinajstić information content (AvgIpc) is 2.52. The van der Waals surface area contributed by atoms with Crippen molar-refractivity contribution in [3.8, 4) is 5.75 Å². The van der Waals surface area contributed by atoms with E-state index in [4.69, 9.17) is 14.0 Å². The van der Waals surface area contributed by atoms with Gasteiger partial charge in [0.2, 0.25) is 0 Å². The van der Waals surface area contributed by atoms with Gasteiger partial charge in [0.25, 0.3) is 0 Å². The first kappa shape index (κ1) is 15.8. The van der Waals surface area contributed by atoms with Crippen LogP contribution < -0.4 is 10.2 Å². The molecule has 0 saturated carbocycles. The molecule has 6 heteroatoms. The number of ether oxygens (including phenoxy) is 1. The van der Waals surface area contributed by atoms with Gasteiger partial charge < -0.3 is 14.0 Å². The molecule has 20 heavy (non-hydrogen) atoms. The first-order valence-electron chi connectivity index (χ1n) is 6.66. The van der Waals surface area contributed by atoms with Crippen LogP contribution in [0.25, 0.3) is 0 Å². The maximum atomic E-state index is 14.2. The molecule has 1 saturated heterocycles. The minimum atomic E-state index is -0.755. The van der Waals surface area contributed by atoms with E-state index >= 15 is 0 Å². The Morgan fingerprint density at radius 2 is 1.75 bits per heavy atom. The number of halogens is 2. The van der Waals surface area contributed by atoms with Gasteiger partial charge in [-0.1, -0.05) is 0 Å². The topological polar surface area (TPSA) is 27.7 Å². The lowest BCUT2D eigenvalue weighted by Crippen LogP contribution is -2.41. The molecule has 3 nitrogen and oxygen atoms in total. The van der Waals surface area contributed by atoms with Crippen LogP contribution in [0.15, 0.2) is 16.6 Å². The van der Waals surface area contributed by atoms with Crippen LogP contribution in [-0.4, -0.2) is 24.9 Å². The van der Waals surface area contributed by atoms with Crippen LogP contribution in [0.2, 0.25) is 0 Å². The van der Waals surface area contributed by atoms with Crippen LogP contribution in [0.3, 0.4) is 0 Å². The highest BCUT2D eigenvalue weighted by Crippen LogP contribution is 2.38. The van der Waals surface area contributed by atoms with Crippen LogP contribution in [0.1, 0.15) is 34.6 Å². The quantitative estimate of drug-likeness (QED) is 0.787. The maximum Gasteiger partial charge on any atom is 0.499 e. The summed E-state index contributed by atoms with van der Waals surface area (Å²) in [6, 6.07) is 2.97. The molecule has 0 spiro atoms. The summed E-state index contributed by atoms with van der Waals surface area (Å²) in [4.78, 5) is 0. The molecule has 110 valence electrons. The fourth-order valence-corrected chi connectivity index (χ4v) is 2.62. The molecular formula is C14H19BBrFO3. The molecule has 0 aromatic heterocycles. The maximum absolute atomic E-state index is 14.2. The highest BCUT2D eigenvalue weighted by atomic mass is 79.9. The molecule has 1 aliphatic heterocycles. The highest BCUT2D eigenvalue weighted by molar-refractivity contribution is 9.10. The van der Waals surface area contributed by atoms with Crippen molar-refractivity contribution in [2.45, 2.75) is 45.8 Å². The smallest absolute Gasteiger partial charge is 0.493 e. The average molecular weight is 345 g/mol. The summed E-state index contributed by atoms with van der Waals surface area (Å²) < 4.78 is 32.0. The second kappa shape index (κ2) is 5.32. The lowest BCUT2D eigenvalue weighted by atomic mass is 9.78. The molecule has 0 amide bonds. The molecule has 0 bridgehead atoms. The lowest BCUT2D eigenvalue weighted by Gasteiger charge is -2.32. The fourth-order valence-electron chi connectivity index (χ4n) is 1.99. The Labute approximate surface area is 128 Å². The SMILES string of the molecule is CCOc1ccc(F)c(B2OC(C)(C)C(C)(C)O2)c1Br. The van der Waals surface area contributed by atoms with Gasteiger partial charge in [0.1, 0.15) is 11.6 Å². The first-order chi connectivity index (χ1) is 9.19. The van der Waals surface area contributed by atoms with Gasteiger partial charge in [-0.3, -0.25) is 0 Å². The van der Waals surface area contributed by atoms with Crippen LogP contribution in [0.4, 0.5) is 4.39 Å². The van der Waals surface area contributed by atoms with Crippen molar-refractivity contribution in [1.82, 2.24) is 0 Å². The largest absolute Gasteiger partial charge is 0.499 e. The zero-order valence-corrected chi connectivity index (χ0v) is 14.0. The lowest BCUT2D eigenvalue weighted by molar-refractivity contribution is 0.00578. The Balaban J connectivity index is 2.42. The molecule has 0 N–H and O–H groups in total. The molecule has 0 unspecified atom stereocenters. The van der Waals surface area contributed by atoms with Crippen LogP contribution in [0.5, 0.6) is 5.75 Å². The Hall–Kier alpha value is -0.585. The zero-order chi connectivity index (χ0) is 15.1. The minimum Gasteiger partial charge on any atom is -0.493 e. The van der Waals surface area contributed by atoms with E-state index in [-0.39, 0.29) is 5.82 Å². The number of hydrogen-bond acceptors (Lipinski definition) is 3. The van der Waals surface area contributed by atoms with Gasteiger partial charge in [-0.15, -0.1) is 0 Å². The summed E-state index contributed by atoms with van der Waals surface area (Å²) in [6.45, 7) is 10.1. The predicted molar refractivity (Wildman–Crippen MR) is 81.0 cm³/mol. The van der Waals surface area contributed by atoms with Crippen molar-refractivity contribution in [3.05, 3.63) is 22.4 Å². The van der Waals surface area contributed by atoms with E-state index in [2.05, 4.69) is 15.9 Å². The van der Waals surface area contributed by atoms with Gasteiger partial charge in [0.05, 0.1) is 22.3 Å². The summed E-state index contributed by atoms with van der Waals surface area (Å²) in [5, 5.41) is 0. The van der Waals surface area contributed by atoms with E-state index in [1.54, 1.807) is 6.07 Å². The summed E-state index contributed by atoms with van der Waals surface area (Å²) in [5.41, 5.74) is -0.675. The summed E-state index contributed by atoms with van der Waals surface area (Å²) in [7, 11) is -0.755. The van der Waals surface area contributed by atoms with Gasteiger partial charge in [-0.25, -0.2) is 4.39 Å². The van der Waals surface area contributed by atoms with E-state index in [0.29, 0.717) is 22.3 Å². The van der Waals surface area contributed by atoms with Gasteiger partial charge in [0.15, 0.2) is 0 Å². The molecule has 2 rings (SSSR count). The van der Waals surface area contributed by atoms with Gasteiger partial charge in [-0.05, 0) is 62.7 Å². The summed E-state index contributed by atoms with van der Waals surface area (Å²) >= 11 is 3.39. The second-order valence-electron chi connectivity index (χ2n) is 5.79. The number of benzene rings is 1. The molecule has 0 radical (unpaired) electrons. The summed E-state index contributed by atoms with van der Waals surface area (Å²) in [6.07, 6.45) is 0. The zero-order valence-electron chi connectivity index (χ0n) is 12.4. The first-order valence-corrected chi connectivity index (χ1v) is 7.45. The molecule has 1 aliphatic rings. The Morgan fingerprint density at radius 3 is 2.25 bits per heavy atom. The molecule has 1 fully saturated rings. The van der Waals surface area contributed by atoms with E-state index in [1.807, 2.05) is 34.6 Å². The number of rotatable bonds is 3. The molecule has 0 aliphatic carbocycles. The Morgan fingerprint density at radius 1 is 1.20 bits per heavy atom. The third kappa shape index (κ3) is 2.61. The van der Waals surface area contributed by atoms with Crippen LogP contribution >= 0.6 is 15.9 Å². The van der Waals surface area contributed by atoms with E-state index in [9.17, 15) is 4.39 Å². The molecular weight excluding hydrogens is 326 g/mol. The van der Waals surface area contributed by atoms with Gasteiger partial charge >= 0.3 is 7.12 Å². The van der Waals surface area contributed by atoms with Crippen molar-refractivity contribution in [3.63, 3.8) is 0 Å². The van der Waals surface area contributed by atoms with Crippen molar-refractivity contribution >= 4 is 28.5 Å². The predicted octanol–water partition coefficient (Wildman–Crippen LogP) is 3.29. The fraction of sp³-hybridized carbons (Fsp3) is 0.571. The van der Waals surface area contributed by atoms with E-state index in [1.165, 1.54) is 6.07 Å². The Kier molecular flexibility index (Phi) is 4.20. The third-order valence-electron chi connectivity index (χ3n) is 3.88. The van der Waals surface area contributed by atoms with Crippen LogP contribution in [0, 0.1) is 5.82 Å². The second-order valence-corrected chi connectivity index (χ2v) is 6.59. The van der Waals surface area contributed by atoms with Gasteiger partial charge in [0, 0.05) is 5.46 Å². The highest BCUT2D eigenvalue weighted by Gasteiger charge is 2.53. The molecule has 1 heterocycles. The van der Waals surface area contributed by atoms with Crippen LogP contribution in [-0.2, 0) is 9.31 Å². The molecule has 0 atom stereocenters. The summed E-state index contributed by atoms with van der Waals surface area (Å²) in [5.74, 6) is 0.206. The molecule has 1 aromatic carbocycles. The third-order valence-corrected chi connectivity index (χ3v) is 4.70. The van der Waals surface area contributed by atoms with Gasteiger partial charge in [-0.2, -0.15) is 0 Å². The standard InChI is InChI=1S/C14H19BBrFO3/c1-6-18-10-8-7-9(17)11(12(10)16)15-19-13(2,3)14(4,5)20-15/h7-8H,6H2,1-5H3.